The zero-order valence-electron chi connectivity index (χ0n) is 23.9. The lowest BCUT2D eigenvalue weighted by Gasteiger charge is -2.35. The van der Waals surface area contributed by atoms with Gasteiger partial charge in [0.2, 0.25) is 0 Å². The predicted molar refractivity (Wildman–Crippen MR) is 154 cm³/mol. The minimum atomic E-state index is -0.369. The van der Waals surface area contributed by atoms with E-state index in [9.17, 15) is 4.79 Å². The standard InChI is InChI=1S/C31H47NO4S/c1-7-8-9-11-21(2)23(4)24-19-26(35-28(33)12-10-13-32-14-16-34-17-15-32)29-25-18-22(3)37-30(25)31(5,6)36-27(29)20-24/h19-23H,7-18H2,1-6H3. The summed E-state index contributed by atoms with van der Waals surface area (Å²) in [5.41, 5.74) is 3.14. The van der Waals surface area contributed by atoms with Crippen molar-refractivity contribution in [3.63, 3.8) is 0 Å². The molecule has 206 valence electrons. The van der Waals surface area contributed by atoms with E-state index in [-0.39, 0.29) is 11.6 Å². The zero-order chi connectivity index (χ0) is 26.6. The Labute approximate surface area is 228 Å². The van der Waals surface area contributed by atoms with Crippen LogP contribution in [0.3, 0.4) is 0 Å². The van der Waals surface area contributed by atoms with Crippen LogP contribution in [0.25, 0.3) is 5.57 Å². The fraction of sp³-hybridized carbons (Fsp3) is 0.710. The van der Waals surface area contributed by atoms with Gasteiger partial charge in [0.1, 0.15) is 17.1 Å². The van der Waals surface area contributed by atoms with Crippen LogP contribution < -0.4 is 9.47 Å². The summed E-state index contributed by atoms with van der Waals surface area (Å²) in [4.78, 5) is 16.7. The van der Waals surface area contributed by atoms with Gasteiger partial charge in [-0.05, 0) is 68.3 Å². The molecule has 3 heterocycles. The Kier molecular flexibility index (Phi) is 9.68. The number of carbonyl (C=O) groups excluding carboxylic acids is 1. The van der Waals surface area contributed by atoms with Gasteiger partial charge in [0.05, 0.1) is 18.8 Å². The number of carbonyl (C=O) groups is 1. The van der Waals surface area contributed by atoms with Crippen molar-refractivity contribution < 1.29 is 19.0 Å². The Balaban J connectivity index is 1.57. The van der Waals surface area contributed by atoms with Crippen molar-refractivity contribution in [1.82, 2.24) is 4.90 Å². The van der Waals surface area contributed by atoms with Crippen LogP contribution in [-0.4, -0.2) is 54.6 Å². The third-order valence-electron chi connectivity index (χ3n) is 8.21. The molecule has 1 fully saturated rings. The molecule has 0 radical (unpaired) electrons. The summed E-state index contributed by atoms with van der Waals surface area (Å²) in [5.74, 6) is 2.32. The van der Waals surface area contributed by atoms with Gasteiger partial charge in [0.25, 0.3) is 0 Å². The molecule has 3 aliphatic heterocycles. The Bertz CT molecular complexity index is 982. The highest BCUT2D eigenvalue weighted by atomic mass is 32.2. The van der Waals surface area contributed by atoms with Crippen molar-refractivity contribution in [3.8, 4) is 11.5 Å². The number of allylic oxidation sites excluding steroid dienone is 1. The lowest BCUT2D eigenvalue weighted by atomic mass is 9.83. The van der Waals surface area contributed by atoms with Crippen molar-refractivity contribution in [3.05, 3.63) is 28.2 Å². The number of hydrogen-bond acceptors (Lipinski definition) is 6. The average molecular weight is 530 g/mol. The van der Waals surface area contributed by atoms with Crippen LogP contribution in [0.1, 0.15) is 104 Å². The highest BCUT2D eigenvalue weighted by molar-refractivity contribution is 8.04. The number of thioether (sulfide) groups is 1. The topological polar surface area (TPSA) is 48.0 Å². The van der Waals surface area contributed by atoms with Gasteiger partial charge in [-0.25, -0.2) is 0 Å². The first-order valence-electron chi connectivity index (χ1n) is 14.5. The molecule has 1 aromatic carbocycles. The fourth-order valence-corrected chi connectivity index (χ4v) is 7.11. The molecule has 3 atom stereocenters. The molecule has 37 heavy (non-hydrogen) atoms. The molecule has 0 N–H and O–H groups in total. The van der Waals surface area contributed by atoms with E-state index < -0.39 is 0 Å². The van der Waals surface area contributed by atoms with Crippen molar-refractivity contribution in [2.24, 2.45) is 5.92 Å². The van der Waals surface area contributed by atoms with E-state index in [2.05, 4.69) is 58.6 Å². The van der Waals surface area contributed by atoms with E-state index >= 15 is 0 Å². The molecule has 3 aliphatic rings. The normalized spacial score (nSPS) is 22.7. The number of ether oxygens (including phenoxy) is 3. The van der Waals surface area contributed by atoms with Gasteiger partial charge in [-0.15, -0.1) is 11.8 Å². The Morgan fingerprint density at radius 1 is 1.19 bits per heavy atom. The Morgan fingerprint density at radius 2 is 1.95 bits per heavy atom. The molecule has 0 aliphatic carbocycles. The first kappa shape index (κ1) is 28.5. The maximum absolute atomic E-state index is 13.1. The average Bonchev–Trinajstić information content (AvgIpc) is 3.26. The SMILES string of the molecule is CCCCCC(C)C(C)c1cc(OC(=O)CCCN2CCOCC2)c2c(c1)OC(C)(C)C1=C2CC(C)S1. The number of benzene rings is 1. The largest absolute Gasteiger partial charge is 0.482 e. The second-order valence-corrected chi connectivity index (χ2v) is 13.2. The van der Waals surface area contributed by atoms with Crippen molar-refractivity contribution in [2.45, 2.75) is 103 Å². The molecular weight excluding hydrogens is 482 g/mol. The van der Waals surface area contributed by atoms with E-state index in [0.29, 0.717) is 29.3 Å². The van der Waals surface area contributed by atoms with E-state index in [1.165, 1.54) is 41.7 Å². The van der Waals surface area contributed by atoms with Crippen LogP contribution in [0.15, 0.2) is 17.0 Å². The molecule has 1 saturated heterocycles. The van der Waals surface area contributed by atoms with E-state index in [1.54, 1.807) is 0 Å². The van der Waals surface area contributed by atoms with Gasteiger partial charge < -0.3 is 14.2 Å². The van der Waals surface area contributed by atoms with Crippen LogP contribution in [0, 0.1) is 5.92 Å². The van der Waals surface area contributed by atoms with Crippen LogP contribution in [0.4, 0.5) is 0 Å². The first-order valence-corrected chi connectivity index (χ1v) is 15.4. The zero-order valence-corrected chi connectivity index (χ0v) is 24.7. The van der Waals surface area contributed by atoms with Crippen LogP contribution >= 0.6 is 11.8 Å². The van der Waals surface area contributed by atoms with Gasteiger partial charge in [0, 0.05) is 29.7 Å². The van der Waals surface area contributed by atoms with E-state index in [4.69, 9.17) is 14.2 Å². The summed E-state index contributed by atoms with van der Waals surface area (Å²) in [5, 5.41) is 0.494. The van der Waals surface area contributed by atoms with Crippen molar-refractivity contribution in [2.75, 3.05) is 32.8 Å². The lowest BCUT2D eigenvalue weighted by Crippen LogP contribution is -2.37. The van der Waals surface area contributed by atoms with Crippen LogP contribution in [-0.2, 0) is 9.53 Å². The molecule has 0 bridgehead atoms. The lowest BCUT2D eigenvalue weighted by molar-refractivity contribution is -0.134. The molecule has 0 aromatic heterocycles. The molecular formula is C31H47NO4S. The Hall–Kier alpha value is -1.50. The summed E-state index contributed by atoms with van der Waals surface area (Å²) in [7, 11) is 0. The van der Waals surface area contributed by atoms with Gasteiger partial charge in [-0.2, -0.15) is 0 Å². The van der Waals surface area contributed by atoms with Gasteiger partial charge in [-0.1, -0.05) is 53.4 Å². The van der Waals surface area contributed by atoms with Crippen molar-refractivity contribution in [1.29, 1.82) is 0 Å². The van der Waals surface area contributed by atoms with Crippen molar-refractivity contribution >= 4 is 23.3 Å². The summed E-state index contributed by atoms with van der Waals surface area (Å²) in [6.07, 6.45) is 7.18. The molecule has 3 unspecified atom stereocenters. The van der Waals surface area contributed by atoms with Gasteiger partial charge in [-0.3, -0.25) is 9.69 Å². The second kappa shape index (κ2) is 12.6. The molecule has 0 spiro atoms. The predicted octanol–water partition coefficient (Wildman–Crippen LogP) is 7.43. The number of hydrogen-bond donors (Lipinski definition) is 0. The fourth-order valence-electron chi connectivity index (χ4n) is 5.81. The minimum absolute atomic E-state index is 0.151. The van der Waals surface area contributed by atoms with Crippen LogP contribution in [0.5, 0.6) is 11.5 Å². The van der Waals surface area contributed by atoms with E-state index in [0.717, 1.165) is 57.0 Å². The van der Waals surface area contributed by atoms with Gasteiger partial charge in [0.15, 0.2) is 0 Å². The monoisotopic (exact) mass is 529 g/mol. The van der Waals surface area contributed by atoms with Gasteiger partial charge >= 0.3 is 5.97 Å². The summed E-state index contributed by atoms with van der Waals surface area (Å²) >= 11 is 1.90. The number of fused-ring (bicyclic) bond motifs is 2. The second-order valence-electron chi connectivity index (χ2n) is 11.7. The molecule has 0 saturated carbocycles. The third kappa shape index (κ3) is 6.93. The van der Waals surface area contributed by atoms with E-state index in [1.807, 2.05) is 11.8 Å². The molecule has 4 rings (SSSR count). The number of esters is 1. The third-order valence-corrected chi connectivity index (χ3v) is 9.75. The van der Waals surface area contributed by atoms with Crippen LogP contribution in [0.2, 0.25) is 0 Å². The molecule has 6 heteroatoms. The maximum Gasteiger partial charge on any atom is 0.311 e. The molecule has 5 nitrogen and oxygen atoms in total. The highest BCUT2D eigenvalue weighted by Crippen LogP contribution is 2.56. The summed E-state index contributed by atoms with van der Waals surface area (Å²) in [6, 6.07) is 4.37. The minimum Gasteiger partial charge on any atom is -0.482 e. The number of morpholine rings is 1. The quantitative estimate of drug-likeness (QED) is 0.169. The number of nitrogens with zero attached hydrogens (tertiary/aromatic N) is 1. The summed E-state index contributed by atoms with van der Waals surface area (Å²) < 4.78 is 18.3. The smallest absolute Gasteiger partial charge is 0.311 e. The molecule has 1 aromatic rings. The number of rotatable bonds is 11. The Morgan fingerprint density at radius 3 is 2.68 bits per heavy atom. The first-order chi connectivity index (χ1) is 17.7. The number of unbranched alkanes of at least 4 members (excludes halogenated alkanes) is 2. The molecule has 0 amide bonds. The highest BCUT2D eigenvalue weighted by Gasteiger charge is 2.42. The maximum atomic E-state index is 13.1. The summed E-state index contributed by atoms with van der Waals surface area (Å²) in [6.45, 7) is 17.9.